The summed E-state index contributed by atoms with van der Waals surface area (Å²) in [5, 5.41) is 11.7. The second-order valence-electron chi connectivity index (χ2n) is 3.98. The van der Waals surface area contributed by atoms with Gasteiger partial charge in [0, 0.05) is 14.7 Å². The largest absolute Gasteiger partial charge is 0.456 e. The van der Waals surface area contributed by atoms with Gasteiger partial charge in [-0.15, -0.1) is 11.3 Å². The third-order valence-corrected chi connectivity index (χ3v) is 5.54. The van der Waals surface area contributed by atoms with Crippen molar-refractivity contribution in [2.45, 2.75) is 6.10 Å². The standard InChI is InChI=1S/C13H7BrCl2O2S/c14-7-5-10(19-13(7)16)11(17)9-4-6-2-1-3-8(15)12(6)18-9/h1-5,11,17H. The van der Waals surface area contributed by atoms with Gasteiger partial charge < -0.3 is 9.52 Å². The van der Waals surface area contributed by atoms with Crippen LogP contribution in [-0.4, -0.2) is 5.11 Å². The van der Waals surface area contributed by atoms with E-state index < -0.39 is 6.10 Å². The molecule has 2 heterocycles. The maximum atomic E-state index is 10.3. The number of hydrogen-bond acceptors (Lipinski definition) is 3. The summed E-state index contributed by atoms with van der Waals surface area (Å²) in [5.74, 6) is 0.452. The number of hydrogen-bond donors (Lipinski definition) is 1. The van der Waals surface area contributed by atoms with Gasteiger partial charge in [0.05, 0.1) is 5.02 Å². The minimum Gasteiger partial charge on any atom is -0.456 e. The molecule has 1 atom stereocenters. The van der Waals surface area contributed by atoms with Gasteiger partial charge in [-0.25, -0.2) is 0 Å². The van der Waals surface area contributed by atoms with Gasteiger partial charge in [0.2, 0.25) is 0 Å². The number of thiophene rings is 1. The van der Waals surface area contributed by atoms with E-state index >= 15 is 0 Å². The zero-order chi connectivity index (χ0) is 13.6. The van der Waals surface area contributed by atoms with Crippen LogP contribution in [0.2, 0.25) is 9.36 Å². The molecule has 0 radical (unpaired) electrons. The first-order chi connectivity index (χ1) is 9.06. The van der Waals surface area contributed by atoms with E-state index in [0.29, 0.717) is 25.6 Å². The van der Waals surface area contributed by atoms with Crippen molar-refractivity contribution in [2.75, 3.05) is 0 Å². The number of aliphatic hydroxyl groups excluding tert-OH is 1. The minimum absolute atomic E-state index is 0.452. The van der Waals surface area contributed by atoms with Crippen LogP contribution in [0, 0.1) is 0 Å². The van der Waals surface area contributed by atoms with Crippen molar-refractivity contribution in [1.29, 1.82) is 0 Å². The lowest BCUT2D eigenvalue weighted by Gasteiger charge is -2.03. The van der Waals surface area contributed by atoms with E-state index in [1.54, 1.807) is 18.2 Å². The molecule has 0 spiro atoms. The Bertz CT molecular complexity index is 731. The van der Waals surface area contributed by atoms with E-state index in [1.165, 1.54) is 11.3 Å². The molecule has 19 heavy (non-hydrogen) atoms. The van der Waals surface area contributed by atoms with E-state index in [1.807, 2.05) is 12.1 Å². The Kier molecular flexibility index (Phi) is 3.62. The first-order valence-corrected chi connectivity index (χ1v) is 7.73. The fourth-order valence-electron chi connectivity index (χ4n) is 1.82. The predicted octanol–water partition coefficient (Wildman–Crippen LogP) is 5.65. The van der Waals surface area contributed by atoms with E-state index in [2.05, 4.69) is 15.9 Å². The molecule has 6 heteroatoms. The highest BCUT2D eigenvalue weighted by Crippen LogP contribution is 2.39. The molecule has 1 N–H and O–H groups in total. The number of benzene rings is 1. The van der Waals surface area contributed by atoms with Crippen LogP contribution in [0.4, 0.5) is 0 Å². The summed E-state index contributed by atoms with van der Waals surface area (Å²) in [6, 6.07) is 9.05. The fraction of sp³-hybridized carbons (Fsp3) is 0.0769. The molecule has 98 valence electrons. The third kappa shape index (κ3) is 2.43. The highest BCUT2D eigenvalue weighted by atomic mass is 79.9. The number of halogens is 3. The molecule has 2 aromatic heterocycles. The Hall–Kier alpha value is -0.520. The lowest BCUT2D eigenvalue weighted by molar-refractivity contribution is 0.196. The maximum Gasteiger partial charge on any atom is 0.153 e. The Morgan fingerprint density at radius 2 is 2.05 bits per heavy atom. The molecule has 0 aliphatic heterocycles. The zero-order valence-electron chi connectivity index (χ0n) is 9.36. The molecular weight excluding hydrogens is 371 g/mol. The van der Waals surface area contributed by atoms with Gasteiger partial charge in [-0.3, -0.25) is 0 Å². The second-order valence-corrected chi connectivity index (χ2v) is 6.93. The van der Waals surface area contributed by atoms with Gasteiger partial charge in [0.15, 0.2) is 5.58 Å². The van der Waals surface area contributed by atoms with Crippen molar-refractivity contribution in [3.8, 4) is 0 Å². The smallest absolute Gasteiger partial charge is 0.153 e. The third-order valence-electron chi connectivity index (χ3n) is 2.72. The van der Waals surface area contributed by atoms with Crippen molar-refractivity contribution in [3.63, 3.8) is 0 Å². The Balaban J connectivity index is 2.06. The monoisotopic (exact) mass is 376 g/mol. The van der Waals surface area contributed by atoms with Gasteiger partial charge in [0.1, 0.15) is 16.2 Å². The van der Waals surface area contributed by atoms with Gasteiger partial charge in [-0.1, -0.05) is 35.3 Å². The van der Waals surface area contributed by atoms with Crippen molar-refractivity contribution >= 4 is 61.4 Å². The van der Waals surface area contributed by atoms with E-state index in [-0.39, 0.29) is 0 Å². The Morgan fingerprint density at radius 1 is 1.26 bits per heavy atom. The lowest BCUT2D eigenvalue weighted by Crippen LogP contribution is -1.93. The van der Waals surface area contributed by atoms with Gasteiger partial charge in [0.25, 0.3) is 0 Å². The number of fused-ring (bicyclic) bond motifs is 1. The number of furan rings is 1. The van der Waals surface area contributed by atoms with Crippen molar-refractivity contribution in [2.24, 2.45) is 0 Å². The molecule has 0 aliphatic carbocycles. The molecule has 0 bridgehead atoms. The quantitative estimate of drug-likeness (QED) is 0.626. The molecule has 3 aromatic rings. The summed E-state index contributed by atoms with van der Waals surface area (Å²) in [5.41, 5.74) is 0.583. The molecule has 2 nitrogen and oxygen atoms in total. The van der Waals surface area contributed by atoms with Crippen LogP contribution in [0.15, 0.2) is 39.2 Å². The first kappa shape index (κ1) is 13.5. The van der Waals surface area contributed by atoms with Crippen LogP contribution in [0.3, 0.4) is 0 Å². The molecule has 0 saturated heterocycles. The highest BCUT2D eigenvalue weighted by molar-refractivity contribution is 9.10. The molecule has 0 fully saturated rings. The van der Waals surface area contributed by atoms with Gasteiger partial charge in [-0.05, 0) is 34.1 Å². The normalized spacial score (nSPS) is 13.1. The predicted molar refractivity (Wildman–Crippen MR) is 82.3 cm³/mol. The van der Waals surface area contributed by atoms with Crippen LogP contribution >= 0.6 is 50.5 Å². The molecule has 0 amide bonds. The van der Waals surface area contributed by atoms with E-state index in [4.69, 9.17) is 27.6 Å². The fourth-order valence-corrected chi connectivity index (χ4v) is 3.77. The van der Waals surface area contributed by atoms with E-state index in [9.17, 15) is 5.11 Å². The minimum atomic E-state index is -0.850. The van der Waals surface area contributed by atoms with Gasteiger partial charge in [-0.2, -0.15) is 0 Å². The van der Waals surface area contributed by atoms with Crippen LogP contribution in [0.25, 0.3) is 11.0 Å². The molecule has 0 aliphatic rings. The summed E-state index contributed by atoms with van der Waals surface area (Å²) in [4.78, 5) is 0.715. The van der Waals surface area contributed by atoms with E-state index in [0.717, 1.165) is 9.86 Å². The summed E-state index contributed by atoms with van der Waals surface area (Å²) < 4.78 is 7.00. The van der Waals surface area contributed by atoms with Crippen molar-refractivity contribution < 1.29 is 9.52 Å². The second kappa shape index (κ2) is 5.11. The number of para-hydroxylation sites is 1. The number of aliphatic hydroxyl groups is 1. The topological polar surface area (TPSA) is 33.4 Å². The number of rotatable bonds is 2. The Morgan fingerprint density at radius 3 is 2.68 bits per heavy atom. The molecular formula is C13H7BrCl2O2S. The van der Waals surface area contributed by atoms with Crippen LogP contribution < -0.4 is 0 Å². The summed E-state index contributed by atoms with van der Waals surface area (Å²) >= 11 is 16.6. The molecule has 0 saturated carbocycles. The van der Waals surface area contributed by atoms with Crippen molar-refractivity contribution in [1.82, 2.24) is 0 Å². The zero-order valence-corrected chi connectivity index (χ0v) is 13.3. The summed E-state index contributed by atoms with van der Waals surface area (Å²) in [6.45, 7) is 0. The lowest BCUT2D eigenvalue weighted by atomic mass is 10.2. The average molecular weight is 378 g/mol. The SMILES string of the molecule is OC(c1cc2cccc(Cl)c2o1)c1cc(Br)c(Cl)s1. The van der Waals surface area contributed by atoms with Crippen molar-refractivity contribution in [3.05, 3.63) is 54.8 Å². The van der Waals surface area contributed by atoms with Crippen LogP contribution in [0.5, 0.6) is 0 Å². The van der Waals surface area contributed by atoms with Crippen LogP contribution in [0.1, 0.15) is 16.7 Å². The molecule has 1 aromatic carbocycles. The summed E-state index contributed by atoms with van der Waals surface area (Å²) in [7, 11) is 0. The Labute approximate surface area is 131 Å². The maximum absolute atomic E-state index is 10.3. The first-order valence-electron chi connectivity index (χ1n) is 5.37. The highest BCUT2D eigenvalue weighted by Gasteiger charge is 2.19. The molecule has 1 unspecified atom stereocenters. The molecule has 3 rings (SSSR count). The average Bonchev–Trinajstić information content (AvgIpc) is 2.94. The summed E-state index contributed by atoms with van der Waals surface area (Å²) in [6.07, 6.45) is -0.850. The van der Waals surface area contributed by atoms with Gasteiger partial charge >= 0.3 is 0 Å². The van der Waals surface area contributed by atoms with Crippen LogP contribution in [-0.2, 0) is 0 Å².